The van der Waals surface area contributed by atoms with Crippen LogP contribution < -0.4 is 14.4 Å². The van der Waals surface area contributed by atoms with Crippen LogP contribution in [0, 0.1) is 6.92 Å². The van der Waals surface area contributed by atoms with Gasteiger partial charge in [-0.15, -0.1) is 0 Å². The van der Waals surface area contributed by atoms with Gasteiger partial charge in [0.1, 0.15) is 18.1 Å². The Hall–Kier alpha value is -2.49. The number of benzene rings is 2. The molecule has 0 aliphatic carbocycles. The lowest BCUT2D eigenvalue weighted by Crippen LogP contribution is -2.40. The van der Waals surface area contributed by atoms with E-state index in [-0.39, 0.29) is 12.5 Å². The molecule has 120 valence electrons. The second-order valence-corrected chi connectivity index (χ2v) is 5.65. The van der Waals surface area contributed by atoms with Crippen LogP contribution >= 0.6 is 0 Å². The van der Waals surface area contributed by atoms with Crippen molar-refractivity contribution in [1.29, 1.82) is 0 Å². The smallest absolute Gasteiger partial charge is 0.265 e. The molecule has 0 radical (unpaired) electrons. The molecule has 0 saturated carbocycles. The number of aryl methyl sites for hydroxylation is 2. The molecule has 2 aromatic carbocycles. The molecule has 0 atom stereocenters. The summed E-state index contributed by atoms with van der Waals surface area (Å²) < 4.78 is 11.2. The molecule has 0 unspecified atom stereocenters. The van der Waals surface area contributed by atoms with Crippen molar-refractivity contribution >= 4 is 11.6 Å². The molecule has 0 N–H and O–H groups in total. The Balaban J connectivity index is 1.68. The lowest BCUT2D eigenvalue weighted by Gasteiger charge is -2.29. The van der Waals surface area contributed by atoms with E-state index in [0.29, 0.717) is 18.9 Å². The van der Waals surface area contributed by atoms with Crippen LogP contribution in [0.25, 0.3) is 0 Å². The zero-order chi connectivity index (χ0) is 16.2. The highest BCUT2D eigenvalue weighted by molar-refractivity contribution is 5.96. The fourth-order valence-electron chi connectivity index (χ4n) is 2.63. The van der Waals surface area contributed by atoms with Gasteiger partial charge in [0.2, 0.25) is 0 Å². The number of anilines is 1. The minimum Gasteiger partial charge on any atom is -0.490 e. The predicted octanol–water partition coefficient (Wildman–Crippen LogP) is 3.36. The van der Waals surface area contributed by atoms with Crippen LogP contribution in [-0.4, -0.2) is 25.7 Å². The van der Waals surface area contributed by atoms with Gasteiger partial charge in [-0.2, -0.15) is 0 Å². The number of hydrogen-bond donors (Lipinski definition) is 0. The van der Waals surface area contributed by atoms with E-state index < -0.39 is 0 Å². The normalized spacial score (nSPS) is 13.2. The molecule has 0 bridgehead atoms. The van der Waals surface area contributed by atoms with Crippen molar-refractivity contribution in [2.24, 2.45) is 0 Å². The summed E-state index contributed by atoms with van der Waals surface area (Å²) in [5.74, 6) is 1.41. The second-order valence-electron chi connectivity index (χ2n) is 5.65. The molecule has 23 heavy (non-hydrogen) atoms. The van der Waals surface area contributed by atoms with Crippen molar-refractivity contribution < 1.29 is 14.3 Å². The van der Waals surface area contributed by atoms with Gasteiger partial charge in [-0.05, 0) is 48.7 Å². The van der Waals surface area contributed by atoms with E-state index in [0.717, 1.165) is 23.4 Å². The van der Waals surface area contributed by atoms with Crippen molar-refractivity contribution in [3.63, 3.8) is 0 Å². The third-order valence-corrected chi connectivity index (χ3v) is 3.97. The molecule has 1 aliphatic heterocycles. The number of fused-ring (bicyclic) bond motifs is 1. The van der Waals surface area contributed by atoms with Gasteiger partial charge in [0, 0.05) is 0 Å². The Labute approximate surface area is 136 Å². The molecule has 0 aromatic heterocycles. The molecule has 0 spiro atoms. The minimum absolute atomic E-state index is 0.0266. The number of carbonyl (C=O) groups is 1. The highest BCUT2D eigenvalue weighted by Crippen LogP contribution is 2.32. The molecule has 2 aromatic rings. The third kappa shape index (κ3) is 3.47. The zero-order valence-electron chi connectivity index (χ0n) is 13.5. The van der Waals surface area contributed by atoms with Crippen LogP contribution in [0.1, 0.15) is 18.1 Å². The molecule has 3 rings (SSSR count). The van der Waals surface area contributed by atoms with Crippen LogP contribution in [0.3, 0.4) is 0 Å². The Morgan fingerprint density at radius 1 is 1.22 bits per heavy atom. The molecule has 1 aliphatic rings. The molecule has 0 fully saturated rings. The second kappa shape index (κ2) is 6.73. The monoisotopic (exact) mass is 311 g/mol. The summed E-state index contributed by atoms with van der Waals surface area (Å²) in [6, 6.07) is 13.7. The van der Waals surface area contributed by atoms with E-state index in [2.05, 4.69) is 6.92 Å². The average molecular weight is 311 g/mol. The zero-order valence-corrected chi connectivity index (χ0v) is 13.5. The lowest BCUT2D eigenvalue weighted by atomic mass is 10.1. The first-order valence-electron chi connectivity index (χ1n) is 7.93. The van der Waals surface area contributed by atoms with Gasteiger partial charge in [0.25, 0.3) is 5.91 Å². The lowest BCUT2D eigenvalue weighted by molar-refractivity contribution is -0.120. The molecule has 1 heterocycles. The van der Waals surface area contributed by atoms with Crippen molar-refractivity contribution in [3.05, 3.63) is 53.6 Å². The number of amides is 1. The minimum atomic E-state index is -0.0558. The number of ether oxygens (including phenoxy) is 2. The van der Waals surface area contributed by atoms with E-state index in [1.54, 1.807) is 4.90 Å². The van der Waals surface area contributed by atoms with Gasteiger partial charge in [0.15, 0.2) is 6.61 Å². The van der Waals surface area contributed by atoms with E-state index in [9.17, 15) is 4.79 Å². The fraction of sp³-hybridized carbons (Fsp3) is 0.316. The Morgan fingerprint density at radius 2 is 2.00 bits per heavy atom. The van der Waals surface area contributed by atoms with Gasteiger partial charge in [-0.3, -0.25) is 4.79 Å². The van der Waals surface area contributed by atoms with Crippen molar-refractivity contribution in [2.75, 3.05) is 24.7 Å². The first-order chi connectivity index (χ1) is 11.2. The number of carbonyl (C=O) groups excluding carboxylic acids is 1. The third-order valence-electron chi connectivity index (χ3n) is 3.97. The molecule has 4 nitrogen and oxygen atoms in total. The highest BCUT2D eigenvalue weighted by Gasteiger charge is 2.24. The number of nitrogens with zero attached hydrogens (tertiary/aromatic N) is 1. The summed E-state index contributed by atoms with van der Waals surface area (Å²) in [7, 11) is 0. The number of hydrogen-bond acceptors (Lipinski definition) is 3. The van der Waals surface area contributed by atoms with Crippen molar-refractivity contribution in [2.45, 2.75) is 20.3 Å². The fourth-order valence-corrected chi connectivity index (χ4v) is 2.63. The number of rotatable bonds is 4. The van der Waals surface area contributed by atoms with E-state index >= 15 is 0 Å². The Bertz CT molecular complexity index is 694. The molecule has 0 saturated heterocycles. The molecular weight excluding hydrogens is 290 g/mol. The van der Waals surface area contributed by atoms with Crippen LogP contribution in [-0.2, 0) is 11.2 Å². The molecule has 4 heteroatoms. The maximum Gasteiger partial charge on any atom is 0.265 e. The first kappa shape index (κ1) is 15.4. The van der Waals surface area contributed by atoms with Gasteiger partial charge in [-0.1, -0.05) is 25.1 Å². The van der Waals surface area contributed by atoms with Crippen molar-refractivity contribution in [3.8, 4) is 11.5 Å². The average Bonchev–Trinajstić information content (AvgIpc) is 2.59. The van der Waals surface area contributed by atoms with Gasteiger partial charge in [-0.25, -0.2) is 0 Å². The maximum absolute atomic E-state index is 12.5. The summed E-state index contributed by atoms with van der Waals surface area (Å²) in [5, 5.41) is 0. The van der Waals surface area contributed by atoms with Crippen LogP contribution in [0.15, 0.2) is 42.5 Å². The van der Waals surface area contributed by atoms with Gasteiger partial charge < -0.3 is 14.4 Å². The summed E-state index contributed by atoms with van der Waals surface area (Å²) in [5.41, 5.74) is 3.18. The SMILES string of the molecule is CCc1ccc(OCC(=O)N2CCOc3ccc(C)cc32)cc1. The van der Waals surface area contributed by atoms with E-state index in [1.807, 2.05) is 49.4 Å². The Kier molecular flexibility index (Phi) is 4.51. The van der Waals surface area contributed by atoms with E-state index in [4.69, 9.17) is 9.47 Å². The van der Waals surface area contributed by atoms with Crippen molar-refractivity contribution in [1.82, 2.24) is 0 Å². The standard InChI is InChI=1S/C19H21NO3/c1-3-15-5-7-16(8-6-15)23-13-19(21)20-10-11-22-18-9-4-14(2)12-17(18)20/h4-9,12H,3,10-11,13H2,1-2H3. The van der Waals surface area contributed by atoms with Crippen LogP contribution in [0.2, 0.25) is 0 Å². The molecule has 1 amide bonds. The summed E-state index contributed by atoms with van der Waals surface area (Å²) >= 11 is 0. The van der Waals surface area contributed by atoms with Crippen LogP contribution in [0.4, 0.5) is 5.69 Å². The highest BCUT2D eigenvalue weighted by atomic mass is 16.5. The largest absolute Gasteiger partial charge is 0.490 e. The quantitative estimate of drug-likeness (QED) is 0.869. The maximum atomic E-state index is 12.5. The first-order valence-corrected chi connectivity index (χ1v) is 7.93. The summed E-state index contributed by atoms with van der Waals surface area (Å²) in [4.78, 5) is 14.3. The van der Waals surface area contributed by atoms with Gasteiger partial charge in [0.05, 0.1) is 12.2 Å². The topological polar surface area (TPSA) is 38.8 Å². The van der Waals surface area contributed by atoms with Crippen LogP contribution in [0.5, 0.6) is 11.5 Å². The predicted molar refractivity (Wildman–Crippen MR) is 90.3 cm³/mol. The Morgan fingerprint density at radius 3 is 2.74 bits per heavy atom. The molecular formula is C19H21NO3. The summed E-state index contributed by atoms with van der Waals surface area (Å²) in [6.07, 6.45) is 0.989. The van der Waals surface area contributed by atoms with E-state index in [1.165, 1.54) is 5.56 Å². The summed E-state index contributed by atoms with van der Waals surface area (Å²) in [6.45, 7) is 5.19. The van der Waals surface area contributed by atoms with Gasteiger partial charge >= 0.3 is 0 Å².